The second-order valence-corrected chi connectivity index (χ2v) is 31.0. The first-order valence-corrected chi connectivity index (χ1v) is 22.0. The van der Waals surface area contributed by atoms with Crippen molar-refractivity contribution in [3.05, 3.63) is 0 Å². The summed E-state index contributed by atoms with van der Waals surface area (Å²) >= 11 is 10.2. The number of thioether (sulfide) groups is 4. The Morgan fingerprint density at radius 1 is 0.739 bits per heavy atom. The van der Waals surface area contributed by atoms with Gasteiger partial charge in [-0.1, -0.05) is 0 Å². The molecule has 4 saturated heterocycles. The fraction of sp³-hybridized carbons (Fsp3) is 1.00. The van der Waals surface area contributed by atoms with Crippen molar-refractivity contribution in [2.75, 3.05) is 0 Å². The molecule has 8 unspecified atom stereocenters. The van der Waals surface area contributed by atoms with Crippen LogP contribution >= 0.6 is 98.8 Å². The maximum atomic E-state index is 2.51. The molecule has 0 aromatic carbocycles. The first-order chi connectivity index (χ1) is 10.9. The van der Waals surface area contributed by atoms with E-state index in [1.54, 1.807) is 0 Å². The SMILES string of the molecule is CC1SC1SSC1SC1(C)[Se]S[Se]C1(C)SC1SSC1SC1C. The van der Waals surface area contributed by atoms with Gasteiger partial charge in [0.15, 0.2) is 0 Å². The Hall–Kier alpha value is 4.19. The van der Waals surface area contributed by atoms with Crippen molar-refractivity contribution in [3.8, 4) is 0 Å². The number of rotatable bonds is 10. The van der Waals surface area contributed by atoms with E-state index < -0.39 is 0 Å². The number of hydrogen-bond donors (Lipinski definition) is 0. The van der Waals surface area contributed by atoms with Gasteiger partial charge in [0.05, 0.1) is 0 Å². The van der Waals surface area contributed by atoms with E-state index in [0.29, 0.717) is 7.29 Å². The molecule has 8 atom stereocenters. The fourth-order valence-electron chi connectivity index (χ4n) is 1.59. The Bertz CT molecular complexity index is 430. The van der Waals surface area contributed by atoms with E-state index in [0.717, 1.165) is 56.5 Å². The molecule has 0 bridgehead atoms. The van der Waals surface area contributed by atoms with Crippen molar-refractivity contribution < 1.29 is 0 Å². The Labute approximate surface area is 187 Å². The van der Waals surface area contributed by atoms with Gasteiger partial charge >= 0.3 is 190 Å². The molecule has 132 valence electrons. The molecule has 4 heterocycles. The maximum absolute atomic E-state index is 2.51. The summed E-state index contributed by atoms with van der Waals surface area (Å²) < 4.78 is 4.76. The van der Waals surface area contributed by atoms with Gasteiger partial charge in [-0.3, -0.25) is 0 Å². The minimum absolute atomic E-state index is 0.618. The summed E-state index contributed by atoms with van der Waals surface area (Å²) in [6, 6.07) is 0. The second-order valence-electron chi connectivity index (χ2n) is 5.97. The predicted molar refractivity (Wildman–Crippen MR) is 131 cm³/mol. The molecular formula is C12H18S9Se2. The molecule has 4 aliphatic heterocycles. The van der Waals surface area contributed by atoms with Gasteiger partial charge in [0.2, 0.25) is 0 Å². The summed E-state index contributed by atoms with van der Waals surface area (Å²) in [6.07, 6.45) is 0. The van der Waals surface area contributed by atoms with E-state index in [1.807, 2.05) is 0 Å². The molecular weight excluding hydrogens is 591 g/mol. The standard InChI is InChI=1S/C12H18S9Se2/c1-5-7(13-5)17-19-9-11(3,15-9)22-21-23-12(4)10(16-12)20-18-8-6(2)14-8/h5-10H,1-4H3. The van der Waals surface area contributed by atoms with Crippen molar-refractivity contribution in [2.24, 2.45) is 0 Å². The third-order valence-electron chi connectivity index (χ3n) is 3.61. The quantitative estimate of drug-likeness (QED) is 0.160. The first-order valence-electron chi connectivity index (χ1n) is 7.24. The van der Waals surface area contributed by atoms with Gasteiger partial charge in [-0.05, 0) is 0 Å². The Morgan fingerprint density at radius 3 is 1.48 bits per heavy atom. The molecule has 0 N–H and O–H groups in total. The molecule has 0 amide bonds. The van der Waals surface area contributed by atoms with Crippen molar-refractivity contribution in [1.29, 1.82) is 0 Å². The molecule has 23 heavy (non-hydrogen) atoms. The van der Waals surface area contributed by atoms with Gasteiger partial charge in [0, 0.05) is 0 Å². The van der Waals surface area contributed by atoms with Crippen LogP contribution in [0.4, 0.5) is 0 Å². The minimum atomic E-state index is 0.618. The van der Waals surface area contributed by atoms with Crippen LogP contribution in [0.3, 0.4) is 0 Å². The molecule has 0 saturated carbocycles. The molecule has 0 aromatic heterocycles. The monoisotopic (exact) mass is 610 g/mol. The van der Waals surface area contributed by atoms with Gasteiger partial charge < -0.3 is 0 Å². The van der Waals surface area contributed by atoms with Crippen LogP contribution in [0, 0.1) is 0 Å². The molecule has 0 radical (unpaired) electrons. The van der Waals surface area contributed by atoms with E-state index in [9.17, 15) is 0 Å². The Kier molecular flexibility index (Phi) is 7.24. The van der Waals surface area contributed by atoms with E-state index in [1.165, 1.54) is 0 Å². The third kappa shape index (κ3) is 5.63. The van der Waals surface area contributed by atoms with Crippen LogP contribution in [-0.4, -0.2) is 63.8 Å². The molecule has 4 rings (SSSR count). The average Bonchev–Trinajstić information content (AvgIpc) is 3.36. The zero-order chi connectivity index (χ0) is 16.2. The van der Waals surface area contributed by atoms with Crippen molar-refractivity contribution in [3.63, 3.8) is 0 Å². The third-order valence-corrected chi connectivity index (χ3v) is 34.2. The molecule has 0 spiro atoms. The first kappa shape index (κ1) is 20.5. The fourth-order valence-corrected chi connectivity index (χ4v) is 40.5. The molecule has 0 aliphatic carbocycles. The van der Waals surface area contributed by atoms with Crippen LogP contribution in [0.25, 0.3) is 0 Å². The summed E-state index contributed by atoms with van der Waals surface area (Å²) in [5.74, 6) is 0. The van der Waals surface area contributed by atoms with E-state index in [-0.39, 0.29) is 0 Å². The van der Waals surface area contributed by atoms with Crippen LogP contribution in [-0.2, 0) is 0 Å². The summed E-state index contributed by atoms with van der Waals surface area (Å²) in [7, 11) is 11.0. The molecule has 4 aliphatic rings. The number of hydrogen-bond acceptors (Lipinski definition) is 9. The van der Waals surface area contributed by atoms with Crippen molar-refractivity contribution >= 4 is 126 Å². The Balaban J connectivity index is 1.09. The summed E-state index contributed by atoms with van der Waals surface area (Å²) in [6.45, 7) is 9.73. The van der Waals surface area contributed by atoms with E-state index in [2.05, 4.69) is 127 Å². The van der Waals surface area contributed by atoms with E-state index in [4.69, 9.17) is 0 Å². The average molecular weight is 609 g/mol. The normalized spacial score (nSPS) is 53.2. The summed E-state index contributed by atoms with van der Waals surface area (Å²) in [5, 5.41) is 1.81. The Morgan fingerprint density at radius 2 is 1.13 bits per heavy atom. The van der Waals surface area contributed by atoms with Crippen LogP contribution < -0.4 is 0 Å². The zero-order valence-corrected chi connectivity index (χ0v) is 23.7. The van der Waals surface area contributed by atoms with Crippen LogP contribution in [0.2, 0.25) is 0 Å². The topological polar surface area (TPSA) is 0 Å². The van der Waals surface area contributed by atoms with Crippen molar-refractivity contribution in [1.82, 2.24) is 0 Å². The molecule has 0 aromatic rings. The van der Waals surface area contributed by atoms with Gasteiger partial charge in [-0.25, -0.2) is 0 Å². The van der Waals surface area contributed by atoms with Crippen LogP contribution in [0.5, 0.6) is 0 Å². The second kappa shape index (κ2) is 8.14. The summed E-state index contributed by atoms with van der Waals surface area (Å²) in [5.41, 5.74) is 0. The van der Waals surface area contributed by atoms with Gasteiger partial charge in [0.25, 0.3) is 0 Å². The van der Waals surface area contributed by atoms with E-state index >= 15 is 0 Å². The van der Waals surface area contributed by atoms with Crippen molar-refractivity contribution in [2.45, 2.75) is 63.8 Å². The molecule has 4 fully saturated rings. The molecule has 0 nitrogen and oxygen atoms in total. The zero-order valence-electron chi connectivity index (χ0n) is 13.0. The van der Waals surface area contributed by atoms with Crippen LogP contribution in [0.15, 0.2) is 0 Å². The van der Waals surface area contributed by atoms with Gasteiger partial charge in [-0.2, -0.15) is 0 Å². The van der Waals surface area contributed by atoms with Gasteiger partial charge in [-0.15, -0.1) is 0 Å². The predicted octanol–water partition coefficient (Wildman–Crippen LogP) is 6.22. The van der Waals surface area contributed by atoms with Crippen LogP contribution in [0.1, 0.15) is 27.7 Å². The molecule has 11 heteroatoms. The van der Waals surface area contributed by atoms with Gasteiger partial charge in [0.1, 0.15) is 0 Å². The summed E-state index contributed by atoms with van der Waals surface area (Å²) in [4.78, 5) is 0.